The standard InChI is InChI=1S/C19H22N4O3/c24-19(11-14-4-5-15-16(10-14)26-13-25-15)21-12-17-20-7-6-18(22-17)23-8-2-1-3-9-23/h4-7,10H,1-3,8-9,11-13H2,(H,21,24). The van der Waals surface area contributed by atoms with E-state index in [1.807, 2.05) is 24.3 Å². The van der Waals surface area contributed by atoms with Crippen LogP contribution in [-0.4, -0.2) is 35.8 Å². The molecule has 1 amide bonds. The first-order valence-electron chi connectivity index (χ1n) is 9.00. The van der Waals surface area contributed by atoms with Crippen molar-refractivity contribution in [2.45, 2.75) is 32.2 Å². The minimum Gasteiger partial charge on any atom is -0.454 e. The Morgan fingerprint density at radius 3 is 2.85 bits per heavy atom. The third kappa shape index (κ3) is 3.87. The molecule has 1 N–H and O–H groups in total. The number of ether oxygens (including phenoxy) is 2. The van der Waals surface area contributed by atoms with Gasteiger partial charge in [0.15, 0.2) is 11.5 Å². The zero-order valence-electron chi connectivity index (χ0n) is 14.6. The van der Waals surface area contributed by atoms with Gasteiger partial charge in [0.05, 0.1) is 13.0 Å². The van der Waals surface area contributed by atoms with Crippen LogP contribution in [-0.2, 0) is 17.8 Å². The predicted molar refractivity (Wildman–Crippen MR) is 96.2 cm³/mol. The normalized spacial score (nSPS) is 15.8. The summed E-state index contributed by atoms with van der Waals surface area (Å²) in [7, 11) is 0. The van der Waals surface area contributed by atoms with Crippen LogP contribution < -0.4 is 19.7 Å². The van der Waals surface area contributed by atoms with Crippen LogP contribution in [0.1, 0.15) is 30.7 Å². The first-order valence-corrected chi connectivity index (χ1v) is 9.00. The second-order valence-electron chi connectivity index (χ2n) is 6.52. The number of aromatic nitrogens is 2. The van der Waals surface area contributed by atoms with Crippen molar-refractivity contribution in [3.63, 3.8) is 0 Å². The fourth-order valence-corrected chi connectivity index (χ4v) is 3.25. The van der Waals surface area contributed by atoms with Crippen LogP contribution in [0.5, 0.6) is 11.5 Å². The summed E-state index contributed by atoms with van der Waals surface area (Å²) < 4.78 is 10.6. The second kappa shape index (κ2) is 7.59. The summed E-state index contributed by atoms with van der Waals surface area (Å²) in [5.74, 6) is 2.91. The molecule has 26 heavy (non-hydrogen) atoms. The van der Waals surface area contributed by atoms with Gasteiger partial charge in [0.25, 0.3) is 0 Å². The minimum atomic E-state index is -0.0733. The van der Waals surface area contributed by atoms with E-state index in [2.05, 4.69) is 20.2 Å². The van der Waals surface area contributed by atoms with Gasteiger partial charge >= 0.3 is 0 Å². The lowest BCUT2D eigenvalue weighted by Gasteiger charge is -2.27. The molecule has 0 aliphatic carbocycles. The van der Waals surface area contributed by atoms with E-state index in [0.29, 0.717) is 18.1 Å². The zero-order valence-corrected chi connectivity index (χ0v) is 14.6. The summed E-state index contributed by atoms with van der Waals surface area (Å²) >= 11 is 0. The number of nitrogens with zero attached hydrogens (tertiary/aromatic N) is 3. The maximum absolute atomic E-state index is 12.2. The molecule has 4 rings (SSSR count). The molecule has 7 nitrogen and oxygen atoms in total. The number of benzene rings is 1. The highest BCUT2D eigenvalue weighted by Crippen LogP contribution is 2.32. The average Bonchev–Trinajstić information content (AvgIpc) is 3.15. The number of amides is 1. The van der Waals surface area contributed by atoms with E-state index < -0.39 is 0 Å². The molecule has 2 aliphatic heterocycles. The number of anilines is 1. The Hall–Kier alpha value is -2.83. The van der Waals surface area contributed by atoms with Gasteiger partial charge in [-0.15, -0.1) is 0 Å². The fraction of sp³-hybridized carbons (Fsp3) is 0.421. The quantitative estimate of drug-likeness (QED) is 0.886. The summed E-state index contributed by atoms with van der Waals surface area (Å²) in [6.45, 7) is 2.63. The Labute approximate surface area is 152 Å². The summed E-state index contributed by atoms with van der Waals surface area (Å²) in [6.07, 6.45) is 5.72. The summed E-state index contributed by atoms with van der Waals surface area (Å²) in [6, 6.07) is 7.48. The maximum Gasteiger partial charge on any atom is 0.231 e. The zero-order chi connectivity index (χ0) is 17.8. The third-order valence-electron chi connectivity index (χ3n) is 4.62. The van der Waals surface area contributed by atoms with Crippen molar-refractivity contribution in [2.75, 3.05) is 24.8 Å². The van der Waals surface area contributed by atoms with Gasteiger partial charge in [0.2, 0.25) is 12.7 Å². The lowest BCUT2D eigenvalue weighted by Crippen LogP contribution is -2.31. The molecule has 0 radical (unpaired) electrons. The highest BCUT2D eigenvalue weighted by atomic mass is 16.7. The van der Waals surface area contributed by atoms with Crippen molar-refractivity contribution in [3.05, 3.63) is 41.9 Å². The van der Waals surface area contributed by atoms with Crippen molar-refractivity contribution in [3.8, 4) is 11.5 Å². The summed E-state index contributed by atoms with van der Waals surface area (Å²) in [5, 5.41) is 2.89. The average molecular weight is 354 g/mol. The number of carbonyl (C=O) groups is 1. The van der Waals surface area contributed by atoms with E-state index in [1.165, 1.54) is 19.3 Å². The smallest absolute Gasteiger partial charge is 0.231 e. The van der Waals surface area contributed by atoms with Gasteiger partial charge in [-0.2, -0.15) is 0 Å². The fourth-order valence-electron chi connectivity index (χ4n) is 3.25. The van der Waals surface area contributed by atoms with Crippen molar-refractivity contribution >= 4 is 11.7 Å². The molecule has 2 aliphatic rings. The molecule has 3 heterocycles. The second-order valence-corrected chi connectivity index (χ2v) is 6.52. The van der Waals surface area contributed by atoms with Gasteiger partial charge in [0.1, 0.15) is 11.6 Å². The number of hydrogen-bond acceptors (Lipinski definition) is 6. The predicted octanol–water partition coefficient (Wildman–Crippen LogP) is 2.05. The molecule has 1 saturated heterocycles. The maximum atomic E-state index is 12.2. The number of fused-ring (bicyclic) bond motifs is 1. The molecule has 0 unspecified atom stereocenters. The molecule has 0 spiro atoms. The van der Waals surface area contributed by atoms with Crippen molar-refractivity contribution in [1.82, 2.24) is 15.3 Å². The van der Waals surface area contributed by atoms with Gasteiger partial charge < -0.3 is 19.7 Å². The van der Waals surface area contributed by atoms with Crippen LogP contribution in [0.3, 0.4) is 0 Å². The molecular formula is C19H22N4O3. The molecule has 1 aromatic heterocycles. The van der Waals surface area contributed by atoms with E-state index in [0.717, 1.165) is 30.2 Å². The Kier molecular flexibility index (Phi) is 4.86. The van der Waals surface area contributed by atoms with E-state index in [1.54, 1.807) is 6.20 Å². The molecular weight excluding hydrogens is 332 g/mol. The van der Waals surface area contributed by atoms with Crippen LogP contribution in [0.25, 0.3) is 0 Å². The van der Waals surface area contributed by atoms with Crippen LogP contribution in [0, 0.1) is 0 Å². The van der Waals surface area contributed by atoms with Crippen LogP contribution in [0.4, 0.5) is 5.82 Å². The topological polar surface area (TPSA) is 76.6 Å². The van der Waals surface area contributed by atoms with Gasteiger partial charge in [-0.3, -0.25) is 4.79 Å². The lowest BCUT2D eigenvalue weighted by molar-refractivity contribution is -0.120. The molecule has 7 heteroatoms. The van der Waals surface area contributed by atoms with Crippen LogP contribution >= 0.6 is 0 Å². The van der Waals surface area contributed by atoms with Crippen molar-refractivity contribution < 1.29 is 14.3 Å². The number of carbonyl (C=O) groups excluding carboxylic acids is 1. The van der Waals surface area contributed by atoms with E-state index in [9.17, 15) is 4.79 Å². The highest BCUT2D eigenvalue weighted by molar-refractivity contribution is 5.78. The third-order valence-corrected chi connectivity index (χ3v) is 4.62. The number of nitrogens with one attached hydrogen (secondary N) is 1. The highest BCUT2D eigenvalue weighted by Gasteiger charge is 2.15. The van der Waals surface area contributed by atoms with Gasteiger partial charge in [0, 0.05) is 19.3 Å². The number of piperidine rings is 1. The first-order chi connectivity index (χ1) is 12.8. The molecule has 2 aromatic rings. The summed E-state index contributed by atoms with van der Waals surface area (Å²) in [5.41, 5.74) is 0.884. The van der Waals surface area contributed by atoms with Crippen LogP contribution in [0.2, 0.25) is 0 Å². The first kappa shape index (κ1) is 16.6. The van der Waals surface area contributed by atoms with Crippen molar-refractivity contribution in [2.24, 2.45) is 0 Å². The minimum absolute atomic E-state index is 0.0733. The van der Waals surface area contributed by atoms with Gasteiger partial charge in [-0.25, -0.2) is 9.97 Å². The number of hydrogen-bond donors (Lipinski definition) is 1. The number of rotatable bonds is 5. The molecule has 1 fully saturated rings. The summed E-state index contributed by atoms with van der Waals surface area (Å²) in [4.78, 5) is 23.4. The molecule has 136 valence electrons. The van der Waals surface area contributed by atoms with Gasteiger partial charge in [-0.1, -0.05) is 6.07 Å². The Morgan fingerprint density at radius 1 is 1.12 bits per heavy atom. The van der Waals surface area contributed by atoms with Crippen molar-refractivity contribution in [1.29, 1.82) is 0 Å². The molecule has 0 bridgehead atoms. The monoisotopic (exact) mass is 354 g/mol. The SMILES string of the molecule is O=C(Cc1ccc2c(c1)OCO2)NCc1nccc(N2CCCCC2)n1. The Bertz CT molecular complexity index is 790. The Balaban J connectivity index is 1.32. The molecule has 1 aromatic carbocycles. The van der Waals surface area contributed by atoms with E-state index in [-0.39, 0.29) is 19.1 Å². The molecule has 0 atom stereocenters. The molecule has 0 saturated carbocycles. The van der Waals surface area contributed by atoms with Gasteiger partial charge in [-0.05, 0) is 43.0 Å². The van der Waals surface area contributed by atoms with E-state index >= 15 is 0 Å². The van der Waals surface area contributed by atoms with Crippen LogP contribution in [0.15, 0.2) is 30.5 Å². The van der Waals surface area contributed by atoms with E-state index in [4.69, 9.17) is 9.47 Å². The Morgan fingerprint density at radius 2 is 1.96 bits per heavy atom. The largest absolute Gasteiger partial charge is 0.454 e. The lowest BCUT2D eigenvalue weighted by atomic mass is 10.1.